The molecule has 1 N–H and O–H groups in total. The SMILES string of the molecule is O=C(COc1ccc(/C=C2\SC(=O)N(CCOc3ccc(Cl)cc3)C2=O)cc1Cl)Nc1ccc(Cl)cc1. The van der Waals surface area contributed by atoms with Crippen molar-refractivity contribution in [2.75, 3.05) is 25.1 Å². The zero-order valence-corrected chi connectivity index (χ0v) is 22.2. The lowest BCUT2D eigenvalue weighted by atomic mass is 10.2. The van der Waals surface area contributed by atoms with Crippen molar-refractivity contribution in [3.8, 4) is 11.5 Å². The first-order chi connectivity index (χ1) is 17.8. The average molecular weight is 578 g/mol. The lowest BCUT2D eigenvalue weighted by Crippen LogP contribution is -2.32. The number of carbonyl (C=O) groups is 3. The number of anilines is 1. The number of imide groups is 1. The number of thioether (sulfide) groups is 1. The Hall–Kier alpha value is -3.17. The van der Waals surface area contributed by atoms with Gasteiger partial charge in [-0.05, 0) is 84.1 Å². The molecule has 3 aromatic rings. The van der Waals surface area contributed by atoms with Crippen LogP contribution < -0.4 is 14.8 Å². The Bertz CT molecular complexity index is 1350. The van der Waals surface area contributed by atoms with Crippen molar-refractivity contribution in [1.29, 1.82) is 0 Å². The number of benzene rings is 3. The van der Waals surface area contributed by atoms with Gasteiger partial charge in [-0.3, -0.25) is 19.3 Å². The average Bonchev–Trinajstić information content (AvgIpc) is 3.13. The Balaban J connectivity index is 1.31. The summed E-state index contributed by atoms with van der Waals surface area (Å²) in [5, 5.41) is 3.71. The fourth-order valence-electron chi connectivity index (χ4n) is 3.23. The van der Waals surface area contributed by atoms with E-state index in [9.17, 15) is 14.4 Å². The van der Waals surface area contributed by atoms with Crippen LogP contribution in [0.3, 0.4) is 0 Å². The van der Waals surface area contributed by atoms with E-state index >= 15 is 0 Å². The molecular weight excluding hydrogens is 559 g/mol. The molecule has 3 amide bonds. The summed E-state index contributed by atoms with van der Waals surface area (Å²) in [6.07, 6.45) is 1.58. The van der Waals surface area contributed by atoms with E-state index < -0.39 is 5.91 Å². The maximum absolute atomic E-state index is 12.7. The number of hydrogen-bond donors (Lipinski definition) is 1. The normalized spacial score (nSPS) is 14.2. The maximum Gasteiger partial charge on any atom is 0.293 e. The molecule has 190 valence electrons. The van der Waals surface area contributed by atoms with Gasteiger partial charge in [0, 0.05) is 15.7 Å². The molecule has 1 fully saturated rings. The van der Waals surface area contributed by atoms with Gasteiger partial charge in [-0.2, -0.15) is 0 Å². The maximum atomic E-state index is 12.7. The number of nitrogens with one attached hydrogen (secondary N) is 1. The molecular formula is C26H19Cl3N2O5S. The Labute approximate surface area is 232 Å². The highest BCUT2D eigenvalue weighted by atomic mass is 35.5. The Morgan fingerprint density at radius 3 is 2.27 bits per heavy atom. The number of amides is 3. The van der Waals surface area contributed by atoms with E-state index in [1.54, 1.807) is 72.8 Å². The Morgan fingerprint density at radius 1 is 0.919 bits per heavy atom. The van der Waals surface area contributed by atoms with E-state index in [-0.39, 0.29) is 40.8 Å². The summed E-state index contributed by atoms with van der Waals surface area (Å²) in [6.45, 7) is 0.00530. The quantitative estimate of drug-likeness (QED) is 0.282. The highest BCUT2D eigenvalue weighted by Gasteiger charge is 2.34. The standard InChI is InChI=1S/C26H19Cl3N2O5S/c27-17-2-6-19(7-3-17)30-24(32)15-36-22-10-1-16(13-21(22)29)14-23-25(33)31(26(34)37-23)11-12-35-20-8-4-18(28)5-9-20/h1-10,13-14H,11-12,15H2,(H,30,32)/b23-14-. The van der Waals surface area contributed by atoms with Crippen LogP contribution in [0.4, 0.5) is 10.5 Å². The summed E-state index contributed by atoms with van der Waals surface area (Å²) in [5.74, 6) is 0.116. The molecule has 1 aliphatic heterocycles. The van der Waals surface area contributed by atoms with Crippen molar-refractivity contribution >= 4 is 75.4 Å². The highest BCUT2D eigenvalue weighted by Crippen LogP contribution is 2.33. The van der Waals surface area contributed by atoms with Crippen LogP contribution in [0.1, 0.15) is 5.56 Å². The first-order valence-electron chi connectivity index (χ1n) is 10.9. The summed E-state index contributed by atoms with van der Waals surface area (Å²) in [4.78, 5) is 38.6. The summed E-state index contributed by atoms with van der Waals surface area (Å²) >= 11 is 18.8. The minimum absolute atomic E-state index is 0.107. The van der Waals surface area contributed by atoms with E-state index in [0.29, 0.717) is 32.8 Å². The van der Waals surface area contributed by atoms with Crippen LogP contribution >= 0.6 is 46.6 Å². The van der Waals surface area contributed by atoms with Crippen LogP contribution in [0.25, 0.3) is 6.08 Å². The Morgan fingerprint density at radius 2 is 1.59 bits per heavy atom. The van der Waals surface area contributed by atoms with Gasteiger partial charge in [-0.15, -0.1) is 0 Å². The number of hydrogen-bond acceptors (Lipinski definition) is 6. The predicted octanol–water partition coefficient (Wildman–Crippen LogP) is 6.78. The summed E-state index contributed by atoms with van der Waals surface area (Å²) in [6, 6.07) is 18.3. The smallest absolute Gasteiger partial charge is 0.293 e. The molecule has 0 saturated carbocycles. The predicted molar refractivity (Wildman–Crippen MR) is 147 cm³/mol. The minimum atomic E-state index is -0.412. The molecule has 0 radical (unpaired) electrons. The molecule has 0 unspecified atom stereocenters. The molecule has 7 nitrogen and oxygen atoms in total. The largest absolute Gasteiger partial charge is 0.492 e. The van der Waals surface area contributed by atoms with Crippen molar-refractivity contribution < 1.29 is 23.9 Å². The zero-order valence-electron chi connectivity index (χ0n) is 19.1. The van der Waals surface area contributed by atoms with Crippen LogP contribution in [-0.4, -0.2) is 41.7 Å². The van der Waals surface area contributed by atoms with Crippen LogP contribution in [0, 0.1) is 0 Å². The summed E-state index contributed by atoms with van der Waals surface area (Å²) < 4.78 is 11.1. The molecule has 37 heavy (non-hydrogen) atoms. The van der Waals surface area contributed by atoms with Gasteiger partial charge < -0.3 is 14.8 Å². The molecule has 1 saturated heterocycles. The van der Waals surface area contributed by atoms with Crippen molar-refractivity contribution in [3.05, 3.63) is 92.3 Å². The zero-order chi connectivity index (χ0) is 26.4. The third kappa shape index (κ3) is 7.42. The van der Waals surface area contributed by atoms with Gasteiger partial charge in [-0.1, -0.05) is 40.9 Å². The number of nitrogens with zero attached hydrogens (tertiary/aromatic N) is 1. The van der Waals surface area contributed by atoms with Gasteiger partial charge in [0.2, 0.25) is 0 Å². The summed E-state index contributed by atoms with van der Waals surface area (Å²) in [7, 11) is 0. The number of carbonyl (C=O) groups excluding carboxylic acids is 3. The number of halogens is 3. The van der Waals surface area contributed by atoms with E-state index in [4.69, 9.17) is 44.3 Å². The molecule has 1 aliphatic rings. The van der Waals surface area contributed by atoms with Crippen LogP contribution in [0.15, 0.2) is 71.6 Å². The van der Waals surface area contributed by atoms with E-state index in [1.165, 1.54) is 0 Å². The third-order valence-electron chi connectivity index (χ3n) is 5.01. The van der Waals surface area contributed by atoms with E-state index in [0.717, 1.165) is 16.7 Å². The van der Waals surface area contributed by atoms with Crippen LogP contribution in [0.2, 0.25) is 15.1 Å². The van der Waals surface area contributed by atoms with Crippen molar-refractivity contribution in [2.45, 2.75) is 0 Å². The minimum Gasteiger partial charge on any atom is -0.492 e. The van der Waals surface area contributed by atoms with Crippen molar-refractivity contribution in [1.82, 2.24) is 4.90 Å². The topological polar surface area (TPSA) is 84.9 Å². The fraction of sp³-hybridized carbons (Fsp3) is 0.115. The molecule has 4 rings (SSSR count). The summed E-state index contributed by atoms with van der Waals surface area (Å²) in [5.41, 5.74) is 1.19. The number of ether oxygens (including phenoxy) is 2. The third-order valence-corrected chi connectivity index (χ3v) is 6.72. The lowest BCUT2D eigenvalue weighted by molar-refractivity contribution is -0.123. The molecule has 1 heterocycles. The second-order valence-corrected chi connectivity index (χ2v) is 9.94. The molecule has 3 aromatic carbocycles. The van der Waals surface area contributed by atoms with Gasteiger partial charge in [0.15, 0.2) is 6.61 Å². The Kier molecular flexibility index (Phi) is 9.00. The lowest BCUT2D eigenvalue weighted by Gasteiger charge is -2.13. The molecule has 0 spiro atoms. The molecule has 11 heteroatoms. The van der Waals surface area contributed by atoms with Gasteiger partial charge in [0.05, 0.1) is 16.5 Å². The van der Waals surface area contributed by atoms with Crippen LogP contribution in [0.5, 0.6) is 11.5 Å². The second-order valence-electron chi connectivity index (χ2n) is 7.67. The molecule has 0 aromatic heterocycles. The number of rotatable bonds is 9. The van der Waals surface area contributed by atoms with Gasteiger partial charge >= 0.3 is 0 Å². The highest BCUT2D eigenvalue weighted by molar-refractivity contribution is 8.18. The first kappa shape index (κ1) is 26.9. The second kappa shape index (κ2) is 12.4. The molecule has 0 bridgehead atoms. The van der Waals surface area contributed by atoms with Gasteiger partial charge in [0.1, 0.15) is 18.1 Å². The first-order valence-corrected chi connectivity index (χ1v) is 12.8. The molecule has 0 atom stereocenters. The van der Waals surface area contributed by atoms with Gasteiger partial charge in [-0.25, -0.2) is 0 Å². The van der Waals surface area contributed by atoms with E-state index in [1.807, 2.05) is 0 Å². The van der Waals surface area contributed by atoms with E-state index in [2.05, 4.69) is 5.32 Å². The van der Waals surface area contributed by atoms with Crippen LogP contribution in [-0.2, 0) is 9.59 Å². The van der Waals surface area contributed by atoms with Gasteiger partial charge in [0.25, 0.3) is 17.1 Å². The van der Waals surface area contributed by atoms with Crippen molar-refractivity contribution in [2.24, 2.45) is 0 Å². The fourth-order valence-corrected chi connectivity index (χ4v) is 4.59. The monoisotopic (exact) mass is 576 g/mol. The molecule has 0 aliphatic carbocycles. The van der Waals surface area contributed by atoms with Crippen molar-refractivity contribution in [3.63, 3.8) is 0 Å².